The number of fused-ring (bicyclic) bond motifs is 1. The predicted octanol–water partition coefficient (Wildman–Crippen LogP) is 3.01. The molecule has 0 spiro atoms. The molecule has 0 fully saturated rings. The van der Waals surface area contributed by atoms with E-state index in [0.29, 0.717) is 5.52 Å². The average molecular weight is 362 g/mol. The lowest BCUT2D eigenvalue weighted by Crippen LogP contribution is -2.34. The van der Waals surface area contributed by atoms with E-state index in [2.05, 4.69) is 15.6 Å². The molecule has 1 atom stereocenters. The maximum atomic E-state index is 13.0. The maximum absolute atomic E-state index is 13.0. The van der Waals surface area contributed by atoms with Gasteiger partial charge in [-0.25, -0.2) is 0 Å². The van der Waals surface area contributed by atoms with Crippen LogP contribution in [0.25, 0.3) is 10.9 Å². The summed E-state index contributed by atoms with van der Waals surface area (Å²) in [5.41, 5.74) is -1.55. The first-order chi connectivity index (χ1) is 12.3. The van der Waals surface area contributed by atoms with Crippen molar-refractivity contribution in [1.29, 1.82) is 0 Å². The summed E-state index contributed by atoms with van der Waals surface area (Å²) in [7, 11) is 0. The van der Waals surface area contributed by atoms with Gasteiger partial charge in [-0.2, -0.15) is 17.9 Å². The van der Waals surface area contributed by atoms with Crippen LogP contribution in [0.5, 0.6) is 0 Å². The summed E-state index contributed by atoms with van der Waals surface area (Å²) in [5.74, 6) is -0.812. The van der Waals surface area contributed by atoms with Crippen LogP contribution in [0, 0.1) is 0 Å². The van der Waals surface area contributed by atoms with E-state index in [1.807, 2.05) is 0 Å². The molecule has 2 aromatic carbocycles. The monoisotopic (exact) mass is 362 g/mol. The fraction of sp³-hybridized carbons (Fsp3) is 0.176. The summed E-state index contributed by atoms with van der Waals surface area (Å²) in [4.78, 5) is 24.8. The number of nitrogens with zero attached hydrogens (tertiary/aromatic N) is 3. The zero-order chi connectivity index (χ0) is 18.9. The van der Waals surface area contributed by atoms with Crippen LogP contribution in [-0.2, 0) is 11.0 Å². The molecule has 3 aromatic rings. The summed E-state index contributed by atoms with van der Waals surface area (Å²) in [6, 6.07) is 9.90. The molecule has 1 heterocycles. The molecule has 0 bridgehead atoms. The Kier molecular flexibility index (Phi) is 4.45. The molecular weight excluding hydrogens is 349 g/mol. The summed E-state index contributed by atoms with van der Waals surface area (Å²) in [5, 5.41) is 10.0. The summed E-state index contributed by atoms with van der Waals surface area (Å²) < 4.78 is 39.9. The standard InChI is InChI=1S/C17H13F3N4O2/c1-10(24-16(26)11-6-2-4-8-13(11)22-23-24)15(25)21-14-9-5-3-7-12(14)17(18,19)20/h2-10H,1H3,(H,21,25). The summed E-state index contributed by atoms with van der Waals surface area (Å²) >= 11 is 0. The third kappa shape index (κ3) is 3.28. The van der Waals surface area contributed by atoms with E-state index < -0.39 is 34.9 Å². The highest BCUT2D eigenvalue weighted by Crippen LogP contribution is 2.34. The molecule has 134 valence electrons. The van der Waals surface area contributed by atoms with Gasteiger partial charge in [0.15, 0.2) is 0 Å². The van der Waals surface area contributed by atoms with Crippen LogP contribution >= 0.6 is 0 Å². The smallest absolute Gasteiger partial charge is 0.324 e. The van der Waals surface area contributed by atoms with Gasteiger partial charge in [0, 0.05) is 0 Å². The Balaban J connectivity index is 1.93. The van der Waals surface area contributed by atoms with Crippen molar-refractivity contribution in [3.05, 3.63) is 64.4 Å². The van der Waals surface area contributed by atoms with Crippen LogP contribution in [0.2, 0.25) is 0 Å². The third-order valence-corrected chi connectivity index (χ3v) is 3.83. The first-order valence-electron chi connectivity index (χ1n) is 7.60. The van der Waals surface area contributed by atoms with Gasteiger partial charge in [0.2, 0.25) is 5.91 Å². The minimum Gasteiger partial charge on any atom is -0.324 e. The number of hydrogen-bond donors (Lipinski definition) is 1. The number of nitrogens with one attached hydrogen (secondary N) is 1. The van der Waals surface area contributed by atoms with Gasteiger partial charge in [-0.15, -0.1) is 5.10 Å². The Morgan fingerprint density at radius 3 is 2.50 bits per heavy atom. The quantitative estimate of drug-likeness (QED) is 0.777. The van der Waals surface area contributed by atoms with E-state index in [9.17, 15) is 22.8 Å². The molecule has 0 saturated heterocycles. The molecule has 26 heavy (non-hydrogen) atoms. The highest BCUT2D eigenvalue weighted by molar-refractivity contribution is 5.94. The first kappa shape index (κ1) is 17.6. The van der Waals surface area contributed by atoms with Gasteiger partial charge in [0.25, 0.3) is 5.56 Å². The minimum absolute atomic E-state index is 0.262. The molecule has 9 heteroatoms. The minimum atomic E-state index is -4.62. The van der Waals surface area contributed by atoms with Crippen molar-refractivity contribution >= 4 is 22.5 Å². The predicted molar refractivity (Wildman–Crippen MR) is 88.6 cm³/mol. The van der Waals surface area contributed by atoms with E-state index in [0.717, 1.165) is 16.8 Å². The van der Waals surface area contributed by atoms with Gasteiger partial charge < -0.3 is 5.32 Å². The Labute approximate surface area is 145 Å². The van der Waals surface area contributed by atoms with E-state index >= 15 is 0 Å². The number of halogens is 3. The molecule has 3 rings (SSSR count). The summed E-state index contributed by atoms with van der Waals surface area (Å²) in [6.07, 6.45) is -4.62. The van der Waals surface area contributed by atoms with Gasteiger partial charge in [-0.3, -0.25) is 9.59 Å². The van der Waals surface area contributed by atoms with E-state index in [1.54, 1.807) is 18.2 Å². The number of aromatic nitrogens is 3. The second-order valence-corrected chi connectivity index (χ2v) is 5.56. The Morgan fingerprint density at radius 2 is 1.77 bits per heavy atom. The molecule has 1 unspecified atom stereocenters. The van der Waals surface area contributed by atoms with Gasteiger partial charge in [-0.1, -0.05) is 29.5 Å². The van der Waals surface area contributed by atoms with E-state index in [-0.39, 0.29) is 5.39 Å². The van der Waals surface area contributed by atoms with Gasteiger partial charge in [0.1, 0.15) is 11.6 Å². The third-order valence-electron chi connectivity index (χ3n) is 3.83. The maximum Gasteiger partial charge on any atom is 0.418 e. The number of anilines is 1. The van der Waals surface area contributed by atoms with Crippen molar-refractivity contribution in [3.8, 4) is 0 Å². The second kappa shape index (κ2) is 6.58. The molecule has 1 aromatic heterocycles. The SMILES string of the molecule is CC(C(=O)Nc1ccccc1C(F)(F)F)n1nnc2ccccc2c1=O. The molecule has 1 N–H and O–H groups in total. The zero-order valence-electron chi connectivity index (χ0n) is 13.5. The van der Waals surface area contributed by atoms with Crippen LogP contribution in [-0.4, -0.2) is 20.9 Å². The number of alkyl halides is 3. The first-order valence-corrected chi connectivity index (χ1v) is 7.60. The highest BCUT2D eigenvalue weighted by atomic mass is 19.4. The van der Waals surface area contributed by atoms with E-state index in [1.165, 1.54) is 25.1 Å². The van der Waals surface area contributed by atoms with Crippen molar-refractivity contribution < 1.29 is 18.0 Å². The second-order valence-electron chi connectivity index (χ2n) is 5.56. The molecular formula is C17H13F3N4O2. The Bertz CT molecular complexity index is 1030. The van der Waals surface area contributed by atoms with Crippen molar-refractivity contribution in [3.63, 3.8) is 0 Å². The molecule has 0 aliphatic carbocycles. The fourth-order valence-electron chi connectivity index (χ4n) is 2.44. The molecule has 6 nitrogen and oxygen atoms in total. The van der Waals surface area contributed by atoms with Crippen LogP contribution in [0.15, 0.2) is 53.3 Å². The number of para-hydroxylation sites is 1. The van der Waals surface area contributed by atoms with Crippen LogP contribution < -0.4 is 10.9 Å². The largest absolute Gasteiger partial charge is 0.418 e. The van der Waals surface area contributed by atoms with Crippen LogP contribution in [0.4, 0.5) is 18.9 Å². The van der Waals surface area contributed by atoms with Crippen molar-refractivity contribution in [2.45, 2.75) is 19.1 Å². The van der Waals surface area contributed by atoms with Crippen molar-refractivity contribution in [2.75, 3.05) is 5.32 Å². The zero-order valence-corrected chi connectivity index (χ0v) is 13.5. The number of amides is 1. The topological polar surface area (TPSA) is 76.9 Å². The molecule has 1 amide bonds. The lowest BCUT2D eigenvalue weighted by molar-refractivity contribution is -0.137. The number of carbonyl (C=O) groups is 1. The van der Waals surface area contributed by atoms with Crippen molar-refractivity contribution in [2.24, 2.45) is 0 Å². The average Bonchev–Trinajstić information content (AvgIpc) is 2.61. The lowest BCUT2D eigenvalue weighted by atomic mass is 10.1. The molecule has 0 aliphatic rings. The fourth-order valence-corrected chi connectivity index (χ4v) is 2.44. The molecule has 0 radical (unpaired) electrons. The van der Waals surface area contributed by atoms with Crippen molar-refractivity contribution in [1.82, 2.24) is 15.0 Å². The molecule has 0 aliphatic heterocycles. The van der Waals surface area contributed by atoms with Crippen LogP contribution in [0.3, 0.4) is 0 Å². The Hall–Kier alpha value is -3.23. The summed E-state index contributed by atoms with van der Waals surface area (Å²) in [6.45, 7) is 1.36. The van der Waals surface area contributed by atoms with Gasteiger partial charge in [-0.05, 0) is 31.2 Å². The number of hydrogen-bond acceptors (Lipinski definition) is 4. The van der Waals surface area contributed by atoms with Gasteiger partial charge in [0.05, 0.1) is 16.6 Å². The van der Waals surface area contributed by atoms with E-state index in [4.69, 9.17) is 0 Å². The Morgan fingerprint density at radius 1 is 1.12 bits per heavy atom. The highest BCUT2D eigenvalue weighted by Gasteiger charge is 2.34. The number of carbonyl (C=O) groups excluding carboxylic acids is 1. The molecule has 0 saturated carbocycles. The van der Waals surface area contributed by atoms with Crippen LogP contribution in [0.1, 0.15) is 18.5 Å². The lowest BCUT2D eigenvalue weighted by Gasteiger charge is -2.17. The van der Waals surface area contributed by atoms with Gasteiger partial charge >= 0.3 is 6.18 Å². The number of benzene rings is 2. The normalized spacial score (nSPS) is 12.8. The number of rotatable bonds is 3.